The lowest BCUT2D eigenvalue weighted by atomic mass is 9.99. The highest BCUT2D eigenvalue weighted by atomic mass is 16.6. The fraction of sp³-hybridized carbons (Fsp3) is 0.957. The Bertz CT molecular complexity index is 1150. The van der Waals surface area contributed by atoms with Crippen LogP contribution in [0, 0.1) is 11.8 Å². The van der Waals surface area contributed by atoms with E-state index in [1.165, 1.54) is 283 Å². The first-order valence-electron chi connectivity index (χ1n) is 34.3. The maximum atomic E-state index is 12.9. The van der Waals surface area contributed by atoms with Gasteiger partial charge in [0, 0.05) is 19.3 Å². The molecule has 446 valence electrons. The molecule has 75 heavy (non-hydrogen) atoms. The zero-order chi connectivity index (χ0) is 54.6. The molecule has 0 rings (SSSR count). The largest absolute Gasteiger partial charge is 0.462 e. The second kappa shape index (κ2) is 61.6. The molecule has 0 aromatic carbocycles. The minimum atomic E-state index is -0.764. The van der Waals surface area contributed by atoms with Gasteiger partial charge in [-0.15, -0.1) is 0 Å². The van der Waals surface area contributed by atoms with Gasteiger partial charge in [-0.25, -0.2) is 0 Å². The Labute approximate surface area is 469 Å². The Balaban J connectivity index is 4.24. The lowest BCUT2D eigenvalue weighted by Gasteiger charge is -2.18. The van der Waals surface area contributed by atoms with Crippen molar-refractivity contribution >= 4 is 17.9 Å². The van der Waals surface area contributed by atoms with E-state index in [1.54, 1.807) is 0 Å². The number of carbonyl (C=O) groups excluding carboxylic acids is 3. The van der Waals surface area contributed by atoms with Crippen LogP contribution < -0.4 is 0 Å². The Kier molecular flexibility index (Phi) is 60.3. The third kappa shape index (κ3) is 61.5. The van der Waals surface area contributed by atoms with Crippen LogP contribution in [-0.2, 0) is 28.6 Å². The fourth-order valence-electron chi connectivity index (χ4n) is 10.8. The van der Waals surface area contributed by atoms with Crippen LogP contribution in [0.2, 0.25) is 0 Å². The average Bonchev–Trinajstić information content (AvgIpc) is 3.40. The number of esters is 3. The Hall–Kier alpha value is -1.59. The minimum absolute atomic E-state index is 0.0613. The van der Waals surface area contributed by atoms with Crippen molar-refractivity contribution in [2.24, 2.45) is 11.8 Å². The Morgan fingerprint density at radius 1 is 0.280 bits per heavy atom. The van der Waals surface area contributed by atoms with Crippen LogP contribution >= 0.6 is 0 Å². The summed E-state index contributed by atoms with van der Waals surface area (Å²) < 4.78 is 17.0. The zero-order valence-corrected chi connectivity index (χ0v) is 51.7. The summed E-state index contributed by atoms with van der Waals surface area (Å²) in [5.74, 6) is 0.942. The van der Waals surface area contributed by atoms with Gasteiger partial charge in [0.25, 0.3) is 0 Å². The van der Waals surface area contributed by atoms with E-state index >= 15 is 0 Å². The summed E-state index contributed by atoms with van der Waals surface area (Å²) in [4.78, 5) is 38.4. The van der Waals surface area contributed by atoms with E-state index in [9.17, 15) is 14.4 Å². The predicted octanol–water partition coefficient (Wildman–Crippen LogP) is 23.2. The molecule has 0 aliphatic heterocycles. The first kappa shape index (κ1) is 73.4. The fourth-order valence-corrected chi connectivity index (χ4v) is 10.8. The standard InChI is InChI=1S/C69H134O6/c1-6-8-9-10-11-12-13-14-29-34-39-44-49-54-59-67(70)73-62-66(75-69(72)61-56-51-46-41-36-31-26-22-17-15-19-23-27-32-37-42-47-52-57-64(3)4)63-74-68(71)60-55-50-45-40-35-30-25-21-18-16-20-24-28-33-38-43-48-53-58-65(5)7-2/h64-66H,6-63H2,1-5H3/t65?,66-/m1/s1. The highest BCUT2D eigenvalue weighted by Crippen LogP contribution is 2.20. The van der Waals surface area contributed by atoms with Gasteiger partial charge in [0.15, 0.2) is 6.10 Å². The van der Waals surface area contributed by atoms with E-state index in [-0.39, 0.29) is 31.1 Å². The van der Waals surface area contributed by atoms with Gasteiger partial charge in [0.05, 0.1) is 0 Å². The third-order valence-electron chi connectivity index (χ3n) is 16.3. The summed E-state index contributed by atoms with van der Waals surface area (Å²) in [6.45, 7) is 11.5. The van der Waals surface area contributed by atoms with E-state index in [0.717, 1.165) is 69.6 Å². The van der Waals surface area contributed by atoms with Crippen LogP contribution in [0.15, 0.2) is 0 Å². The quantitative estimate of drug-likeness (QED) is 0.0343. The number of ether oxygens (including phenoxy) is 3. The number of hydrogen-bond acceptors (Lipinski definition) is 6. The van der Waals surface area contributed by atoms with Crippen molar-refractivity contribution < 1.29 is 28.6 Å². The Morgan fingerprint density at radius 3 is 0.760 bits per heavy atom. The van der Waals surface area contributed by atoms with Crippen molar-refractivity contribution in [3.8, 4) is 0 Å². The molecule has 0 saturated heterocycles. The van der Waals surface area contributed by atoms with Gasteiger partial charge < -0.3 is 14.2 Å². The molecule has 6 heteroatoms. The minimum Gasteiger partial charge on any atom is -0.462 e. The number of rotatable bonds is 63. The molecule has 0 spiro atoms. The molecule has 0 heterocycles. The second-order valence-corrected chi connectivity index (χ2v) is 24.5. The molecule has 0 fully saturated rings. The molecule has 2 atom stereocenters. The van der Waals surface area contributed by atoms with E-state index in [0.29, 0.717) is 19.3 Å². The van der Waals surface area contributed by atoms with E-state index < -0.39 is 6.10 Å². The normalized spacial score (nSPS) is 12.4. The van der Waals surface area contributed by atoms with Crippen molar-refractivity contribution in [2.45, 2.75) is 400 Å². The van der Waals surface area contributed by atoms with E-state index in [2.05, 4.69) is 34.6 Å². The number of hydrogen-bond donors (Lipinski definition) is 0. The van der Waals surface area contributed by atoms with Crippen LogP contribution in [0.3, 0.4) is 0 Å². The Morgan fingerprint density at radius 2 is 0.507 bits per heavy atom. The molecule has 0 amide bonds. The second-order valence-electron chi connectivity index (χ2n) is 24.5. The molecule has 0 radical (unpaired) electrons. The lowest BCUT2D eigenvalue weighted by molar-refractivity contribution is -0.167. The van der Waals surface area contributed by atoms with Gasteiger partial charge in [0.2, 0.25) is 0 Å². The average molecular weight is 1060 g/mol. The van der Waals surface area contributed by atoms with E-state index in [4.69, 9.17) is 14.2 Å². The highest BCUT2D eigenvalue weighted by Gasteiger charge is 2.20. The van der Waals surface area contributed by atoms with Gasteiger partial charge in [-0.2, -0.15) is 0 Å². The first-order chi connectivity index (χ1) is 36.8. The van der Waals surface area contributed by atoms with Crippen LogP contribution in [0.1, 0.15) is 394 Å². The number of carbonyl (C=O) groups is 3. The molecule has 0 saturated carbocycles. The van der Waals surface area contributed by atoms with Crippen molar-refractivity contribution in [1.29, 1.82) is 0 Å². The van der Waals surface area contributed by atoms with E-state index in [1.807, 2.05) is 0 Å². The topological polar surface area (TPSA) is 78.9 Å². The summed E-state index contributed by atoms with van der Waals surface area (Å²) in [6, 6.07) is 0. The SMILES string of the molecule is CCCCCCCCCCCCCCCCC(=O)OC[C@H](COC(=O)CCCCCCCCCCCCCCCCCCCCC(C)CC)OC(=O)CCCCCCCCCCCCCCCCCCCCC(C)C. The highest BCUT2D eigenvalue weighted by molar-refractivity contribution is 5.71. The molecule has 0 aromatic rings. The van der Waals surface area contributed by atoms with Gasteiger partial charge in [-0.05, 0) is 31.1 Å². The molecule has 0 N–H and O–H groups in total. The van der Waals surface area contributed by atoms with Gasteiger partial charge in [-0.3, -0.25) is 14.4 Å². The van der Waals surface area contributed by atoms with Crippen molar-refractivity contribution in [2.75, 3.05) is 13.2 Å². The van der Waals surface area contributed by atoms with Gasteiger partial charge in [-0.1, -0.05) is 356 Å². The molecule has 0 bridgehead atoms. The van der Waals surface area contributed by atoms with Crippen LogP contribution in [0.25, 0.3) is 0 Å². The van der Waals surface area contributed by atoms with Crippen molar-refractivity contribution in [1.82, 2.24) is 0 Å². The molecule has 0 aliphatic carbocycles. The maximum Gasteiger partial charge on any atom is 0.306 e. The first-order valence-corrected chi connectivity index (χ1v) is 34.3. The summed E-state index contributed by atoms with van der Waals surface area (Å²) in [7, 11) is 0. The van der Waals surface area contributed by atoms with Crippen LogP contribution in [0.5, 0.6) is 0 Å². The molecular formula is C69H134O6. The molecular weight excluding hydrogens is 925 g/mol. The lowest BCUT2D eigenvalue weighted by Crippen LogP contribution is -2.30. The van der Waals surface area contributed by atoms with Crippen molar-refractivity contribution in [3.63, 3.8) is 0 Å². The number of unbranched alkanes of at least 4 members (excludes halogenated alkanes) is 47. The van der Waals surface area contributed by atoms with Crippen LogP contribution in [-0.4, -0.2) is 37.2 Å². The van der Waals surface area contributed by atoms with Crippen molar-refractivity contribution in [3.05, 3.63) is 0 Å². The maximum absolute atomic E-state index is 12.9. The molecule has 0 aromatic heterocycles. The molecule has 1 unspecified atom stereocenters. The van der Waals surface area contributed by atoms with Crippen LogP contribution in [0.4, 0.5) is 0 Å². The predicted molar refractivity (Wildman–Crippen MR) is 326 cm³/mol. The monoisotopic (exact) mass is 1060 g/mol. The third-order valence-corrected chi connectivity index (χ3v) is 16.3. The van der Waals surface area contributed by atoms with Gasteiger partial charge in [0.1, 0.15) is 13.2 Å². The van der Waals surface area contributed by atoms with Gasteiger partial charge >= 0.3 is 17.9 Å². The summed E-state index contributed by atoms with van der Waals surface area (Å²) in [6.07, 6.45) is 69.7. The summed E-state index contributed by atoms with van der Waals surface area (Å²) >= 11 is 0. The smallest absolute Gasteiger partial charge is 0.306 e. The molecule has 6 nitrogen and oxygen atoms in total. The summed E-state index contributed by atoms with van der Waals surface area (Å²) in [5.41, 5.74) is 0. The summed E-state index contributed by atoms with van der Waals surface area (Å²) in [5, 5.41) is 0. The zero-order valence-electron chi connectivity index (χ0n) is 51.7. The molecule has 0 aliphatic rings.